The summed E-state index contributed by atoms with van der Waals surface area (Å²) < 4.78 is 0.860. The maximum Gasteiger partial charge on any atom is 0.115 e. The zero-order valence-corrected chi connectivity index (χ0v) is 12.8. The van der Waals surface area contributed by atoms with Crippen molar-refractivity contribution in [3.8, 4) is 5.75 Å². The Morgan fingerprint density at radius 1 is 1.30 bits per heavy atom. The van der Waals surface area contributed by atoms with E-state index in [0.29, 0.717) is 11.8 Å². The number of phenolic OH excluding ortho intramolecular Hbond substituents is 1. The number of aromatic hydroxyl groups is 1. The fourth-order valence-corrected chi connectivity index (χ4v) is 3.96. The molecule has 1 aromatic carbocycles. The van der Waals surface area contributed by atoms with Crippen LogP contribution in [0.25, 0.3) is 0 Å². The minimum atomic E-state index is 0.373. The first kappa shape index (κ1) is 13.9. The van der Waals surface area contributed by atoms with Gasteiger partial charge in [0, 0.05) is 17.5 Å². The Kier molecular flexibility index (Phi) is 4.29. The highest BCUT2D eigenvalue weighted by molar-refractivity contribution is 7.16. The van der Waals surface area contributed by atoms with E-state index in [-0.39, 0.29) is 0 Å². The molecule has 0 amide bonds. The SMILES string of the molecule is Oc1ccc2c(c1)CCCC2NCCc1ccc(Cl)s1. The van der Waals surface area contributed by atoms with Gasteiger partial charge in [-0.05, 0) is 61.1 Å². The number of aryl methyl sites for hydroxylation is 1. The Bertz CT molecular complexity index is 596. The lowest BCUT2D eigenvalue weighted by Crippen LogP contribution is -2.26. The van der Waals surface area contributed by atoms with Gasteiger partial charge in [-0.15, -0.1) is 11.3 Å². The van der Waals surface area contributed by atoms with Crippen molar-refractivity contribution in [2.45, 2.75) is 31.7 Å². The topological polar surface area (TPSA) is 32.3 Å². The van der Waals surface area contributed by atoms with E-state index in [9.17, 15) is 5.11 Å². The van der Waals surface area contributed by atoms with E-state index >= 15 is 0 Å². The van der Waals surface area contributed by atoms with E-state index in [0.717, 1.165) is 23.7 Å². The molecule has 1 aromatic heterocycles. The van der Waals surface area contributed by atoms with Crippen LogP contribution in [0.3, 0.4) is 0 Å². The lowest BCUT2D eigenvalue weighted by Gasteiger charge is -2.26. The van der Waals surface area contributed by atoms with E-state index in [1.54, 1.807) is 17.4 Å². The monoisotopic (exact) mass is 307 g/mol. The van der Waals surface area contributed by atoms with Crippen LogP contribution in [-0.2, 0) is 12.8 Å². The predicted molar refractivity (Wildman–Crippen MR) is 84.8 cm³/mol. The number of benzene rings is 1. The van der Waals surface area contributed by atoms with Gasteiger partial charge in [-0.3, -0.25) is 0 Å². The second-order valence-electron chi connectivity index (χ2n) is 5.24. The molecule has 2 nitrogen and oxygen atoms in total. The summed E-state index contributed by atoms with van der Waals surface area (Å²) in [5.41, 5.74) is 2.63. The first-order valence-corrected chi connectivity index (χ1v) is 8.21. The Balaban J connectivity index is 1.61. The van der Waals surface area contributed by atoms with Gasteiger partial charge < -0.3 is 10.4 Å². The summed E-state index contributed by atoms with van der Waals surface area (Å²) in [5, 5.41) is 13.2. The van der Waals surface area contributed by atoms with E-state index in [2.05, 4.69) is 17.4 Å². The summed E-state index contributed by atoms with van der Waals surface area (Å²) in [4.78, 5) is 1.32. The molecule has 0 fully saturated rings. The standard InChI is InChI=1S/C16H18ClNOS/c17-16-7-5-13(20-16)8-9-18-15-3-1-2-11-10-12(19)4-6-14(11)15/h4-7,10,15,18-19H,1-3,8-9H2. The average molecular weight is 308 g/mol. The number of hydrogen-bond acceptors (Lipinski definition) is 3. The van der Waals surface area contributed by atoms with Crippen LogP contribution in [0.5, 0.6) is 5.75 Å². The van der Waals surface area contributed by atoms with Crippen molar-refractivity contribution in [3.63, 3.8) is 0 Å². The summed E-state index contributed by atoms with van der Waals surface area (Å²) in [6.07, 6.45) is 4.44. The minimum Gasteiger partial charge on any atom is -0.508 e. The number of rotatable bonds is 4. The zero-order chi connectivity index (χ0) is 13.9. The average Bonchev–Trinajstić information content (AvgIpc) is 2.84. The van der Waals surface area contributed by atoms with Gasteiger partial charge in [0.1, 0.15) is 5.75 Å². The molecule has 1 atom stereocenters. The molecule has 0 saturated carbocycles. The lowest BCUT2D eigenvalue weighted by molar-refractivity contribution is 0.452. The summed E-state index contributed by atoms with van der Waals surface area (Å²) in [6, 6.07) is 10.2. The van der Waals surface area contributed by atoms with Crippen LogP contribution >= 0.6 is 22.9 Å². The Labute approximate surface area is 128 Å². The van der Waals surface area contributed by atoms with Crippen LogP contribution in [-0.4, -0.2) is 11.7 Å². The third-order valence-electron chi connectivity index (χ3n) is 3.83. The first-order valence-electron chi connectivity index (χ1n) is 7.02. The normalized spacial score (nSPS) is 17.9. The van der Waals surface area contributed by atoms with Crippen LogP contribution in [0.15, 0.2) is 30.3 Å². The number of fused-ring (bicyclic) bond motifs is 1. The molecule has 20 heavy (non-hydrogen) atoms. The minimum absolute atomic E-state index is 0.373. The maximum atomic E-state index is 9.57. The number of phenols is 1. The van der Waals surface area contributed by atoms with Gasteiger partial charge in [0.15, 0.2) is 0 Å². The summed E-state index contributed by atoms with van der Waals surface area (Å²) in [6.45, 7) is 0.960. The Morgan fingerprint density at radius 3 is 3.00 bits per heavy atom. The second-order valence-corrected chi connectivity index (χ2v) is 7.04. The van der Waals surface area contributed by atoms with Gasteiger partial charge in [0.2, 0.25) is 0 Å². The molecule has 2 aromatic rings. The molecule has 0 aliphatic heterocycles. The molecule has 0 radical (unpaired) electrons. The molecule has 1 aliphatic rings. The molecule has 106 valence electrons. The van der Waals surface area contributed by atoms with Crippen molar-refractivity contribution in [1.82, 2.24) is 5.32 Å². The van der Waals surface area contributed by atoms with Crippen LogP contribution < -0.4 is 5.32 Å². The predicted octanol–water partition coefficient (Wildman–Crippen LogP) is 4.32. The van der Waals surface area contributed by atoms with Gasteiger partial charge in [0.25, 0.3) is 0 Å². The Morgan fingerprint density at radius 2 is 2.20 bits per heavy atom. The highest BCUT2D eigenvalue weighted by Crippen LogP contribution is 2.32. The van der Waals surface area contributed by atoms with Gasteiger partial charge >= 0.3 is 0 Å². The number of hydrogen-bond donors (Lipinski definition) is 2. The molecule has 1 aliphatic carbocycles. The molecular weight excluding hydrogens is 290 g/mol. The Hall–Kier alpha value is -1.03. The maximum absolute atomic E-state index is 9.57. The van der Waals surface area contributed by atoms with E-state index < -0.39 is 0 Å². The molecule has 1 unspecified atom stereocenters. The van der Waals surface area contributed by atoms with Crippen LogP contribution in [0.2, 0.25) is 4.34 Å². The van der Waals surface area contributed by atoms with Gasteiger partial charge in [-0.2, -0.15) is 0 Å². The molecule has 0 bridgehead atoms. The summed E-state index contributed by atoms with van der Waals surface area (Å²) in [7, 11) is 0. The lowest BCUT2D eigenvalue weighted by atomic mass is 9.87. The van der Waals surface area contributed by atoms with E-state index in [4.69, 9.17) is 11.6 Å². The highest BCUT2D eigenvalue weighted by atomic mass is 35.5. The summed E-state index contributed by atoms with van der Waals surface area (Å²) in [5.74, 6) is 0.373. The van der Waals surface area contributed by atoms with Crippen molar-refractivity contribution in [2.24, 2.45) is 0 Å². The molecule has 4 heteroatoms. The quantitative estimate of drug-likeness (QED) is 0.882. The highest BCUT2D eigenvalue weighted by Gasteiger charge is 2.19. The molecule has 3 rings (SSSR count). The van der Waals surface area contributed by atoms with Crippen molar-refractivity contribution < 1.29 is 5.11 Å². The smallest absolute Gasteiger partial charge is 0.115 e. The number of nitrogens with one attached hydrogen (secondary N) is 1. The summed E-state index contributed by atoms with van der Waals surface area (Å²) >= 11 is 7.60. The fourth-order valence-electron chi connectivity index (χ4n) is 2.87. The molecule has 0 saturated heterocycles. The number of thiophene rings is 1. The van der Waals surface area contributed by atoms with Crippen LogP contribution in [0.1, 0.15) is 34.9 Å². The first-order chi connectivity index (χ1) is 9.72. The molecule has 0 spiro atoms. The second kappa shape index (κ2) is 6.17. The zero-order valence-electron chi connectivity index (χ0n) is 11.2. The molecule has 2 N–H and O–H groups in total. The van der Waals surface area contributed by atoms with Crippen molar-refractivity contribution in [3.05, 3.63) is 50.7 Å². The third kappa shape index (κ3) is 3.17. The van der Waals surface area contributed by atoms with E-state index in [1.165, 1.54) is 28.8 Å². The van der Waals surface area contributed by atoms with Gasteiger partial charge in [-0.1, -0.05) is 17.7 Å². The largest absolute Gasteiger partial charge is 0.508 e. The van der Waals surface area contributed by atoms with Gasteiger partial charge in [-0.25, -0.2) is 0 Å². The van der Waals surface area contributed by atoms with Crippen LogP contribution in [0.4, 0.5) is 0 Å². The van der Waals surface area contributed by atoms with Gasteiger partial charge in [0.05, 0.1) is 4.34 Å². The fraction of sp³-hybridized carbons (Fsp3) is 0.375. The van der Waals surface area contributed by atoms with Crippen molar-refractivity contribution in [2.75, 3.05) is 6.54 Å². The van der Waals surface area contributed by atoms with Crippen LogP contribution in [0, 0.1) is 0 Å². The molecule has 1 heterocycles. The number of halogens is 1. The van der Waals surface area contributed by atoms with Crippen molar-refractivity contribution in [1.29, 1.82) is 0 Å². The van der Waals surface area contributed by atoms with Crippen molar-refractivity contribution >= 4 is 22.9 Å². The van der Waals surface area contributed by atoms with E-state index in [1.807, 2.05) is 12.1 Å². The molecular formula is C16H18ClNOS. The third-order valence-corrected chi connectivity index (χ3v) is 5.12.